The van der Waals surface area contributed by atoms with Gasteiger partial charge in [-0.25, -0.2) is 4.68 Å². The van der Waals surface area contributed by atoms with Crippen LogP contribution in [-0.2, 0) is 11.3 Å². The van der Waals surface area contributed by atoms with Crippen LogP contribution in [-0.4, -0.2) is 29.3 Å². The minimum Gasteiger partial charge on any atom is -0.497 e. The second-order valence-corrected chi connectivity index (χ2v) is 7.48. The number of ether oxygens (including phenoxy) is 1. The molecule has 0 aliphatic carbocycles. The zero-order valence-corrected chi connectivity index (χ0v) is 18.0. The van der Waals surface area contributed by atoms with E-state index < -0.39 is 0 Å². The Morgan fingerprint density at radius 3 is 2.25 bits per heavy atom. The third kappa shape index (κ3) is 4.98. The van der Waals surface area contributed by atoms with E-state index in [1.54, 1.807) is 7.11 Å². The Bertz CT molecular complexity index is 1160. The maximum absolute atomic E-state index is 11.5. The molecule has 4 rings (SSSR count). The molecule has 0 aliphatic rings. The predicted octanol–water partition coefficient (Wildman–Crippen LogP) is 4.43. The SMILES string of the molecule is COc1ccc(N(CCC(N)=O)Cc2cn(-c3ccccc3)nc2-c2ccccc2)cc1. The molecule has 0 bridgehead atoms. The summed E-state index contributed by atoms with van der Waals surface area (Å²) in [4.78, 5) is 13.7. The number of aromatic nitrogens is 2. The van der Waals surface area contributed by atoms with Crippen molar-refractivity contribution in [2.24, 2.45) is 5.73 Å². The molecule has 6 heteroatoms. The monoisotopic (exact) mass is 426 g/mol. The molecule has 0 fully saturated rings. The quantitative estimate of drug-likeness (QED) is 0.430. The highest BCUT2D eigenvalue weighted by Crippen LogP contribution is 2.28. The smallest absolute Gasteiger partial charge is 0.219 e. The van der Waals surface area contributed by atoms with Crippen LogP contribution < -0.4 is 15.4 Å². The Hall–Kier alpha value is -4.06. The van der Waals surface area contributed by atoms with Gasteiger partial charge < -0.3 is 15.4 Å². The van der Waals surface area contributed by atoms with Gasteiger partial charge in [-0.05, 0) is 36.4 Å². The molecule has 0 spiro atoms. The molecule has 162 valence electrons. The molecule has 0 aliphatic heterocycles. The second-order valence-electron chi connectivity index (χ2n) is 7.48. The minimum absolute atomic E-state index is 0.263. The van der Waals surface area contributed by atoms with Gasteiger partial charge in [0, 0.05) is 42.5 Å². The van der Waals surface area contributed by atoms with Gasteiger partial charge in [-0.3, -0.25) is 4.79 Å². The van der Waals surface area contributed by atoms with E-state index in [4.69, 9.17) is 15.6 Å². The van der Waals surface area contributed by atoms with Crippen LogP contribution >= 0.6 is 0 Å². The predicted molar refractivity (Wildman–Crippen MR) is 127 cm³/mol. The van der Waals surface area contributed by atoms with Crippen LogP contribution in [0.25, 0.3) is 16.9 Å². The number of primary amides is 1. The lowest BCUT2D eigenvalue weighted by Gasteiger charge is -2.24. The molecule has 0 saturated carbocycles. The Morgan fingerprint density at radius 1 is 0.969 bits per heavy atom. The number of hydrogen-bond donors (Lipinski definition) is 1. The first-order valence-corrected chi connectivity index (χ1v) is 10.5. The molecule has 4 aromatic rings. The lowest BCUT2D eigenvalue weighted by atomic mass is 10.1. The van der Waals surface area contributed by atoms with E-state index in [2.05, 4.69) is 23.2 Å². The van der Waals surface area contributed by atoms with Gasteiger partial charge in [0.05, 0.1) is 18.5 Å². The van der Waals surface area contributed by atoms with Crippen molar-refractivity contribution in [3.8, 4) is 22.7 Å². The fourth-order valence-corrected chi connectivity index (χ4v) is 3.62. The second kappa shape index (κ2) is 9.83. The van der Waals surface area contributed by atoms with E-state index >= 15 is 0 Å². The zero-order chi connectivity index (χ0) is 22.3. The lowest BCUT2D eigenvalue weighted by Crippen LogP contribution is -2.27. The molecule has 0 unspecified atom stereocenters. The molecule has 0 saturated heterocycles. The van der Waals surface area contributed by atoms with Crippen molar-refractivity contribution in [2.75, 3.05) is 18.6 Å². The summed E-state index contributed by atoms with van der Waals surface area (Å²) >= 11 is 0. The number of hydrogen-bond acceptors (Lipinski definition) is 4. The number of benzene rings is 3. The van der Waals surface area contributed by atoms with Crippen LogP contribution in [0.4, 0.5) is 5.69 Å². The van der Waals surface area contributed by atoms with Crippen LogP contribution in [0.1, 0.15) is 12.0 Å². The number of methoxy groups -OCH3 is 1. The van der Waals surface area contributed by atoms with E-state index in [-0.39, 0.29) is 12.3 Å². The average molecular weight is 427 g/mol. The molecule has 2 N–H and O–H groups in total. The minimum atomic E-state index is -0.327. The van der Waals surface area contributed by atoms with Crippen molar-refractivity contribution in [2.45, 2.75) is 13.0 Å². The Kier molecular flexibility index (Phi) is 6.51. The van der Waals surface area contributed by atoms with Gasteiger partial charge in [0.25, 0.3) is 0 Å². The normalized spacial score (nSPS) is 10.7. The van der Waals surface area contributed by atoms with E-state index in [0.717, 1.165) is 33.9 Å². The standard InChI is InChI=1S/C26H26N4O2/c1-32-24-14-12-22(13-15-24)29(17-16-25(27)31)18-21-19-30(23-10-6-3-7-11-23)28-26(21)20-8-4-2-5-9-20/h2-15,19H,16-18H2,1H3,(H2,27,31). The summed E-state index contributed by atoms with van der Waals surface area (Å²) < 4.78 is 7.19. The van der Waals surface area contributed by atoms with Crippen molar-refractivity contribution < 1.29 is 9.53 Å². The maximum atomic E-state index is 11.5. The summed E-state index contributed by atoms with van der Waals surface area (Å²) in [6, 6.07) is 28.0. The van der Waals surface area contributed by atoms with Gasteiger partial charge in [-0.2, -0.15) is 5.10 Å². The number of rotatable bonds is 9. The first-order chi connectivity index (χ1) is 15.6. The van der Waals surface area contributed by atoms with E-state index in [9.17, 15) is 4.79 Å². The van der Waals surface area contributed by atoms with Crippen LogP contribution in [0.15, 0.2) is 91.1 Å². The van der Waals surface area contributed by atoms with E-state index in [0.29, 0.717) is 13.1 Å². The topological polar surface area (TPSA) is 73.4 Å². The summed E-state index contributed by atoms with van der Waals surface area (Å²) in [6.07, 6.45) is 2.32. The van der Waals surface area contributed by atoms with E-state index in [1.807, 2.05) is 77.5 Å². The van der Waals surface area contributed by atoms with Crippen LogP contribution in [0.5, 0.6) is 5.75 Å². The van der Waals surface area contributed by atoms with Gasteiger partial charge >= 0.3 is 0 Å². The molecule has 1 heterocycles. The number of carbonyl (C=O) groups is 1. The van der Waals surface area contributed by atoms with Crippen molar-refractivity contribution in [1.29, 1.82) is 0 Å². The molecule has 1 amide bonds. The van der Waals surface area contributed by atoms with E-state index in [1.165, 1.54) is 0 Å². The van der Waals surface area contributed by atoms with Crippen LogP contribution in [0, 0.1) is 0 Å². The Balaban J connectivity index is 1.72. The van der Waals surface area contributed by atoms with Gasteiger partial charge in [-0.1, -0.05) is 48.5 Å². The third-order valence-electron chi connectivity index (χ3n) is 5.28. The highest BCUT2D eigenvalue weighted by atomic mass is 16.5. The van der Waals surface area contributed by atoms with Crippen molar-refractivity contribution >= 4 is 11.6 Å². The molecule has 6 nitrogen and oxygen atoms in total. The fraction of sp³-hybridized carbons (Fsp3) is 0.154. The summed E-state index contributed by atoms with van der Waals surface area (Å²) in [5, 5.41) is 4.90. The van der Waals surface area contributed by atoms with Gasteiger partial charge in [-0.15, -0.1) is 0 Å². The van der Waals surface area contributed by atoms with Gasteiger partial charge in [0.1, 0.15) is 5.75 Å². The van der Waals surface area contributed by atoms with Crippen LogP contribution in [0.2, 0.25) is 0 Å². The third-order valence-corrected chi connectivity index (χ3v) is 5.28. The van der Waals surface area contributed by atoms with Crippen LogP contribution in [0.3, 0.4) is 0 Å². The van der Waals surface area contributed by atoms with Gasteiger partial charge in [0.15, 0.2) is 0 Å². The maximum Gasteiger partial charge on any atom is 0.219 e. The first kappa shape index (κ1) is 21.2. The van der Waals surface area contributed by atoms with Crippen molar-refractivity contribution in [3.63, 3.8) is 0 Å². The Labute approximate surface area is 187 Å². The molecule has 0 radical (unpaired) electrons. The number of anilines is 1. The largest absolute Gasteiger partial charge is 0.497 e. The summed E-state index contributed by atoms with van der Waals surface area (Å²) in [5.41, 5.74) is 10.4. The number of carbonyl (C=O) groups excluding carboxylic acids is 1. The molecule has 1 aromatic heterocycles. The average Bonchev–Trinajstić information content (AvgIpc) is 3.27. The summed E-state index contributed by atoms with van der Waals surface area (Å²) in [5.74, 6) is 0.456. The first-order valence-electron chi connectivity index (χ1n) is 10.5. The number of amides is 1. The van der Waals surface area contributed by atoms with Gasteiger partial charge in [0.2, 0.25) is 5.91 Å². The lowest BCUT2D eigenvalue weighted by molar-refractivity contribution is -0.117. The van der Waals surface area contributed by atoms with Crippen molar-refractivity contribution in [3.05, 3.63) is 96.7 Å². The molecule has 32 heavy (non-hydrogen) atoms. The number of nitrogens with two attached hydrogens (primary N) is 1. The molecule has 3 aromatic carbocycles. The highest BCUT2D eigenvalue weighted by Gasteiger charge is 2.17. The fourth-order valence-electron chi connectivity index (χ4n) is 3.62. The summed E-state index contributed by atoms with van der Waals surface area (Å²) in [6.45, 7) is 1.09. The van der Waals surface area contributed by atoms with Crippen molar-refractivity contribution in [1.82, 2.24) is 9.78 Å². The summed E-state index contributed by atoms with van der Waals surface area (Å²) in [7, 11) is 1.64. The number of nitrogens with zero attached hydrogens (tertiary/aromatic N) is 3. The zero-order valence-electron chi connectivity index (χ0n) is 18.0. The number of para-hydroxylation sites is 1. The molecular formula is C26H26N4O2. The highest BCUT2D eigenvalue weighted by molar-refractivity contribution is 5.74. The molecular weight excluding hydrogens is 400 g/mol. The Morgan fingerprint density at radius 2 is 1.62 bits per heavy atom. The molecule has 0 atom stereocenters.